The first kappa shape index (κ1) is 10.2. The SMILES string of the molecule is CCCc1cccc2c1S(=O)(=O)OC2=O. The summed E-state index contributed by atoms with van der Waals surface area (Å²) in [4.78, 5) is 11.3. The summed E-state index contributed by atoms with van der Waals surface area (Å²) in [5.41, 5.74) is 0.807. The molecule has 4 nitrogen and oxygen atoms in total. The summed E-state index contributed by atoms with van der Waals surface area (Å²) in [6.07, 6.45) is 1.44. The van der Waals surface area contributed by atoms with Gasteiger partial charge in [0.25, 0.3) is 0 Å². The van der Waals surface area contributed by atoms with Crippen LogP contribution in [0.4, 0.5) is 0 Å². The highest BCUT2D eigenvalue weighted by Crippen LogP contribution is 2.30. The van der Waals surface area contributed by atoms with Gasteiger partial charge < -0.3 is 4.18 Å². The third-order valence-electron chi connectivity index (χ3n) is 2.27. The average molecular weight is 226 g/mol. The van der Waals surface area contributed by atoms with Gasteiger partial charge in [-0.15, -0.1) is 0 Å². The maximum atomic E-state index is 11.5. The number of aryl methyl sites for hydroxylation is 1. The lowest BCUT2D eigenvalue weighted by Gasteiger charge is -2.02. The van der Waals surface area contributed by atoms with Crippen LogP contribution >= 0.6 is 0 Å². The van der Waals surface area contributed by atoms with E-state index in [0.29, 0.717) is 12.0 Å². The number of rotatable bonds is 2. The van der Waals surface area contributed by atoms with Crippen molar-refractivity contribution in [3.63, 3.8) is 0 Å². The topological polar surface area (TPSA) is 60.4 Å². The van der Waals surface area contributed by atoms with Crippen LogP contribution in [-0.4, -0.2) is 14.4 Å². The number of hydrogen-bond donors (Lipinski definition) is 0. The van der Waals surface area contributed by atoms with Gasteiger partial charge >= 0.3 is 16.1 Å². The van der Waals surface area contributed by atoms with Crippen molar-refractivity contribution in [2.45, 2.75) is 24.7 Å². The molecular weight excluding hydrogens is 216 g/mol. The maximum absolute atomic E-state index is 11.5. The van der Waals surface area contributed by atoms with Crippen LogP contribution < -0.4 is 0 Å². The molecule has 0 bridgehead atoms. The summed E-state index contributed by atoms with van der Waals surface area (Å²) in [5.74, 6) is -0.775. The van der Waals surface area contributed by atoms with Gasteiger partial charge in [0.2, 0.25) is 0 Å². The molecule has 0 atom stereocenters. The molecule has 1 aromatic carbocycles. The van der Waals surface area contributed by atoms with E-state index in [0.717, 1.165) is 6.42 Å². The predicted molar refractivity (Wildman–Crippen MR) is 53.0 cm³/mol. The van der Waals surface area contributed by atoms with Crippen molar-refractivity contribution < 1.29 is 17.4 Å². The molecule has 5 heteroatoms. The van der Waals surface area contributed by atoms with E-state index >= 15 is 0 Å². The zero-order valence-electron chi connectivity index (χ0n) is 8.19. The van der Waals surface area contributed by atoms with Gasteiger partial charge in [0.15, 0.2) is 0 Å². The molecule has 80 valence electrons. The lowest BCUT2D eigenvalue weighted by atomic mass is 10.1. The molecule has 0 saturated carbocycles. The Labute approximate surface area is 88.0 Å². The highest BCUT2D eigenvalue weighted by atomic mass is 32.2. The Balaban J connectivity index is 2.70. The van der Waals surface area contributed by atoms with E-state index in [4.69, 9.17) is 0 Å². The smallest absolute Gasteiger partial charge is 0.338 e. The number of hydrogen-bond acceptors (Lipinski definition) is 4. The minimum absolute atomic E-state index is 0.0526. The van der Waals surface area contributed by atoms with Gasteiger partial charge in [-0.3, -0.25) is 0 Å². The first-order chi connectivity index (χ1) is 7.06. The largest absolute Gasteiger partial charge is 0.355 e. The van der Waals surface area contributed by atoms with Gasteiger partial charge in [-0.25, -0.2) is 4.79 Å². The van der Waals surface area contributed by atoms with E-state index < -0.39 is 16.1 Å². The molecule has 1 heterocycles. The highest BCUT2D eigenvalue weighted by Gasteiger charge is 2.37. The van der Waals surface area contributed by atoms with Crippen LogP contribution in [0.3, 0.4) is 0 Å². The van der Waals surface area contributed by atoms with Gasteiger partial charge in [-0.2, -0.15) is 8.42 Å². The monoisotopic (exact) mass is 226 g/mol. The summed E-state index contributed by atoms with van der Waals surface area (Å²) in [7, 11) is -3.86. The van der Waals surface area contributed by atoms with Crippen molar-refractivity contribution in [2.75, 3.05) is 0 Å². The van der Waals surface area contributed by atoms with E-state index in [9.17, 15) is 13.2 Å². The zero-order valence-corrected chi connectivity index (χ0v) is 9.00. The Hall–Kier alpha value is -1.36. The number of carbonyl (C=O) groups is 1. The summed E-state index contributed by atoms with van der Waals surface area (Å²) >= 11 is 0. The molecule has 0 aliphatic carbocycles. The fourth-order valence-corrected chi connectivity index (χ4v) is 2.98. The summed E-state index contributed by atoms with van der Waals surface area (Å²) in [6.45, 7) is 1.95. The normalized spacial score (nSPS) is 17.3. The molecule has 15 heavy (non-hydrogen) atoms. The van der Waals surface area contributed by atoms with Crippen molar-refractivity contribution in [3.05, 3.63) is 29.3 Å². The molecule has 0 fully saturated rings. The quantitative estimate of drug-likeness (QED) is 0.717. The van der Waals surface area contributed by atoms with Gasteiger partial charge in [0.1, 0.15) is 4.90 Å². The number of carbonyl (C=O) groups excluding carboxylic acids is 1. The first-order valence-electron chi connectivity index (χ1n) is 4.67. The molecule has 0 saturated heterocycles. The van der Waals surface area contributed by atoms with E-state index in [-0.39, 0.29) is 10.5 Å². The van der Waals surface area contributed by atoms with Crippen molar-refractivity contribution in [1.29, 1.82) is 0 Å². The van der Waals surface area contributed by atoms with Crippen LogP contribution in [0.25, 0.3) is 0 Å². The van der Waals surface area contributed by atoms with Crippen molar-refractivity contribution >= 4 is 16.1 Å². The lowest BCUT2D eigenvalue weighted by molar-refractivity contribution is 0.0762. The highest BCUT2D eigenvalue weighted by molar-refractivity contribution is 7.87. The molecule has 1 aliphatic rings. The predicted octanol–water partition coefficient (Wildman–Crippen LogP) is 1.50. The second kappa shape index (κ2) is 3.34. The Morgan fingerprint density at radius 1 is 1.33 bits per heavy atom. The van der Waals surface area contributed by atoms with Gasteiger partial charge in [0, 0.05) is 0 Å². The van der Waals surface area contributed by atoms with Crippen molar-refractivity contribution in [2.24, 2.45) is 0 Å². The molecule has 0 radical (unpaired) electrons. The number of benzene rings is 1. The Morgan fingerprint density at radius 3 is 2.73 bits per heavy atom. The Bertz CT molecular complexity index is 516. The van der Waals surface area contributed by atoms with Crippen LogP contribution in [-0.2, 0) is 20.7 Å². The molecule has 0 aromatic heterocycles. The zero-order chi connectivity index (χ0) is 11.1. The van der Waals surface area contributed by atoms with Crippen LogP contribution in [0, 0.1) is 0 Å². The van der Waals surface area contributed by atoms with Crippen molar-refractivity contribution in [1.82, 2.24) is 0 Å². The molecular formula is C10H10O4S. The van der Waals surface area contributed by atoms with E-state index in [1.807, 2.05) is 6.92 Å². The van der Waals surface area contributed by atoms with E-state index in [1.165, 1.54) is 6.07 Å². The van der Waals surface area contributed by atoms with E-state index in [2.05, 4.69) is 4.18 Å². The Kier molecular flexibility index (Phi) is 2.26. The fraction of sp³-hybridized carbons (Fsp3) is 0.300. The molecule has 0 N–H and O–H groups in total. The second-order valence-electron chi connectivity index (χ2n) is 3.37. The maximum Gasteiger partial charge on any atom is 0.355 e. The lowest BCUT2D eigenvalue weighted by Crippen LogP contribution is -2.01. The minimum atomic E-state index is -3.86. The molecule has 0 amide bonds. The van der Waals surface area contributed by atoms with Gasteiger partial charge in [-0.1, -0.05) is 25.5 Å². The standard InChI is InChI=1S/C10H10O4S/c1-2-4-7-5-3-6-8-9(7)15(12,13)14-10(8)11/h3,5-6H,2,4H2,1H3. The van der Waals surface area contributed by atoms with Crippen LogP contribution in [0.2, 0.25) is 0 Å². The average Bonchev–Trinajstić information content (AvgIpc) is 2.39. The second-order valence-corrected chi connectivity index (χ2v) is 4.85. The third-order valence-corrected chi connectivity index (χ3v) is 3.62. The Morgan fingerprint density at radius 2 is 2.07 bits per heavy atom. The summed E-state index contributed by atoms with van der Waals surface area (Å²) < 4.78 is 27.4. The van der Waals surface area contributed by atoms with Crippen LogP contribution in [0.1, 0.15) is 29.3 Å². The molecule has 1 aromatic rings. The van der Waals surface area contributed by atoms with Gasteiger partial charge in [0.05, 0.1) is 5.56 Å². The van der Waals surface area contributed by atoms with Crippen molar-refractivity contribution in [3.8, 4) is 0 Å². The molecule has 0 spiro atoms. The summed E-state index contributed by atoms with van der Waals surface area (Å²) in [6, 6.07) is 4.86. The summed E-state index contributed by atoms with van der Waals surface area (Å²) in [5, 5.41) is 0. The molecule has 2 rings (SSSR count). The van der Waals surface area contributed by atoms with Crippen LogP contribution in [0.5, 0.6) is 0 Å². The molecule has 1 aliphatic heterocycles. The molecule has 0 unspecified atom stereocenters. The first-order valence-corrected chi connectivity index (χ1v) is 6.08. The fourth-order valence-electron chi connectivity index (χ4n) is 1.69. The third kappa shape index (κ3) is 1.52. The number of fused-ring (bicyclic) bond motifs is 1. The van der Waals surface area contributed by atoms with Gasteiger partial charge in [-0.05, 0) is 18.1 Å². The van der Waals surface area contributed by atoms with Crippen LogP contribution in [0.15, 0.2) is 23.1 Å². The minimum Gasteiger partial charge on any atom is -0.338 e. The van der Waals surface area contributed by atoms with E-state index in [1.54, 1.807) is 12.1 Å².